The number of halogens is 3. The van der Waals surface area contributed by atoms with Gasteiger partial charge in [-0.3, -0.25) is 9.59 Å². The van der Waals surface area contributed by atoms with Gasteiger partial charge in [0.2, 0.25) is 5.91 Å². The Balaban J connectivity index is 1.70. The van der Waals surface area contributed by atoms with Crippen LogP contribution in [0.15, 0.2) is 48.5 Å². The molecule has 1 aliphatic rings. The molecule has 1 fully saturated rings. The van der Waals surface area contributed by atoms with Crippen molar-refractivity contribution in [3.05, 3.63) is 59.7 Å². The number of ether oxygens (including phenoxy) is 1. The number of rotatable bonds is 4. The number of hydrogen-bond donors (Lipinski definition) is 1. The first-order chi connectivity index (χ1) is 12.8. The van der Waals surface area contributed by atoms with E-state index < -0.39 is 23.7 Å². The lowest BCUT2D eigenvalue weighted by Crippen LogP contribution is -2.37. The van der Waals surface area contributed by atoms with E-state index in [4.69, 9.17) is 4.74 Å². The zero-order valence-corrected chi connectivity index (χ0v) is 14.4. The molecule has 1 aliphatic heterocycles. The molecule has 0 spiro atoms. The minimum Gasteiger partial charge on any atom is -0.497 e. The summed E-state index contributed by atoms with van der Waals surface area (Å²) >= 11 is 0. The Morgan fingerprint density at radius 3 is 2.63 bits per heavy atom. The zero-order valence-electron chi connectivity index (χ0n) is 14.4. The van der Waals surface area contributed by atoms with Crippen LogP contribution in [-0.2, 0) is 11.0 Å². The van der Waals surface area contributed by atoms with Gasteiger partial charge in [-0.1, -0.05) is 12.1 Å². The molecule has 0 aliphatic carbocycles. The highest BCUT2D eigenvalue weighted by Gasteiger charge is 2.33. The average molecular weight is 378 g/mol. The molecule has 5 nitrogen and oxygen atoms in total. The van der Waals surface area contributed by atoms with Gasteiger partial charge in [0, 0.05) is 30.3 Å². The van der Waals surface area contributed by atoms with Crippen LogP contribution in [0.25, 0.3) is 0 Å². The molecule has 1 atom stereocenters. The fourth-order valence-corrected chi connectivity index (χ4v) is 2.94. The van der Waals surface area contributed by atoms with Crippen LogP contribution < -0.4 is 15.0 Å². The molecule has 2 aromatic rings. The molecule has 8 heteroatoms. The summed E-state index contributed by atoms with van der Waals surface area (Å²) in [6, 6.07) is 10.6. The second kappa shape index (κ2) is 7.30. The Kier molecular flexibility index (Phi) is 5.07. The molecule has 0 bridgehead atoms. The standard InChI is InChI=1S/C19H17F3N2O3/c1-27-16-7-3-6-15(10-16)24-11-14(9-17(24)25)23-18(26)12-4-2-5-13(8-12)19(20,21)22/h2-8,10,14H,9,11H2,1H3,(H,23,26)/t14-/m1/s1. The Hall–Kier alpha value is -3.03. The quantitative estimate of drug-likeness (QED) is 0.889. The first kappa shape index (κ1) is 18.8. The molecule has 27 heavy (non-hydrogen) atoms. The number of methoxy groups -OCH3 is 1. The molecule has 1 saturated heterocycles. The maximum atomic E-state index is 12.8. The number of nitrogens with zero attached hydrogens (tertiary/aromatic N) is 1. The van der Waals surface area contributed by atoms with Crippen LogP contribution in [0.5, 0.6) is 5.75 Å². The maximum absolute atomic E-state index is 12.8. The largest absolute Gasteiger partial charge is 0.497 e. The van der Waals surface area contributed by atoms with Crippen LogP contribution in [0, 0.1) is 0 Å². The highest BCUT2D eigenvalue weighted by molar-refractivity contribution is 5.99. The Morgan fingerprint density at radius 2 is 1.93 bits per heavy atom. The summed E-state index contributed by atoms with van der Waals surface area (Å²) in [5.74, 6) is -0.235. The summed E-state index contributed by atoms with van der Waals surface area (Å²) in [5.41, 5.74) is -0.358. The predicted octanol–water partition coefficient (Wildman–Crippen LogP) is 3.25. The number of hydrogen-bond acceptors (Lipinski definition) is 3. The zero-order chi connectivity index (χ0) is 19.6. The van der Waals surface area contributed by atoms with Crippen molar-refractivity contribution in [2.45, 2.75) is 18.6 Å². The van der Waals surface area contributed by atoms with E-state index in [1.165, 1.54) is 24.1 Å². The van der Waals surface area contributed by atoms with E-state index in [9.17, 15) is 22.8 Å². The first-order valence-electron chi connectivity index (χ1n) is 8.20. The van der Waals surface area contributed by atoms with E-state index in [2.05, 4.69) is 5.32 Å². The van der Waals surface area contributed by atoms with Gasteiger partial charge in [0.05, 0.1) is 18.7 Å². The smallest absolute Gasteiger partial charge is 0.416 e. The van der Waals surface area contributed by atoms with Crippen molar-refractivity contribution in [3.8, 4) is 5.75 Å². The van der Waals surface area contributed by atoms with E-state index in [0.29, 0.717) is 11.4 Å². The summed E-state index contributed by atoms with van der Waals surface area (Å²) in [7, 11) is 1.52. The van der Waals surface area contributed by atoms with Gasteiger partial charge in [-0.15, -0.1) is 0 Å². The van der Waals surface area contributed by atoms with Gasteiger partial charge in [-0.05, 0) is 30.3 Å². The van der Waals surface area contributed by atoms with Crippen molar-refractivity contribution in [1.29, 1.82) is 0 Å². The summed E-state index contributed by atoms with van der Waals surface area (Å²) in [6.07, 6.45) is -4.45. The maximum Gasteiger partial charge on any atom is 0.416 e. The van der Waals surface area contributed by atoms with Crippen molar-refractivity contribution in [1.82, 2.24) is 5.32 Å². The average Bonchev–Trinajstić information content (AvgIpc) is 3.01. The topological polar surface area (TPSA) is 58.6 Å². The number of carbonyl (C=O) groups excluding carboxylic acids is 2. The summed E-state index contributed by atoms with van der Waals surface area (Å²) in [5, 5.41) is 2.63. The fraction of sp³-hybridized carbons (Fsp3) is 0.263. The van der Waals surface area contributed by atoms with Crippen LogP contribution in [-0.4, -0.2) is 31.5 Å². The van der Waals surface area contributed by atoms with Crippen molar-refractivity contribution in [3.63, 3.8) is 0 Å². The number of nitrogens with one attached hydrogen (secondary N) is 1. The molecule has 142 valence electrons. The lowest BCUT2D eigenvalue weighted by molar-refractivity contribution is -0.137. The monoisotopic (exact) mass is 378 g/mol. The Bertz CT molecular complexity index is 867. The molecule has 2 amide bonds. The molecular weight excluding hydrogens is 361 g/mol. The molecule has 2 aromatic carbocycles. The fourth-order valence-electron chi connectivity index (χ4n) is 2.94. The van der Waals surface area contributed by atoms with Crippen molar-refractivity contribution in [2.75, 3.05) is 18.6 Å². The highest BCUT2D eigenvalue weighted by atomic mass is 19.4. The van der Waals surface area contributed by atoms with Gasteiger partial charge in [0.15, 0.2) is 0 Å². The predicted molar refractivity (Wildman–Crippen MR) is 92.7 cm³/mol. The summed E-state index contributed by atoms with van der Waals surface area (Å²) in [4.78, 5) is 26.1. The van der Waals surface area contributed by atoms with Crippen LogP contribution in [0.1, 0.15) is 22.3 Å². The minimum atomic E-state index is -4.53. The van der Waals surface area contributed by atoms with Crippen molar-refractivity contribution < 1.29 is 27.5 Å². The molecule has 0 saturated carbocycles. The molecular formula is C19H17F3N2O3. The number of anilines is 1. The molecule has 1 N–H and O–H groups in total. The lowest BCUT2D eigenvalue weighted by Gasteiger charge is -2.18. The first-order valence-corrected chi connectivity index (χ1v) is 8.20. The minimum absolute atomic E-state index is 0.0713. The third-order valence-electron chi connectivity index (χ3n) is 4.28. The molecule has 0 aromatic heterocycles. The van der Waals surface area contributed by atoms with Crippen molar-refractivity contribution >= 4 is 17.5 Å². The summed E-state index contributed by atoms with van der Waals surface area (Å²) in [6.45, 7) is 0.233. The van der Waals surface area contributed by atoms with Crippen LogP contribution >= 0.6 is 0 Å². The van der Waals surface area contributed by atoms with E-state index in [-0.39, 0.29) is 24.4 Å². The third-order valence-corrected chi connectivity index (χ3v) is 4.28. The van der Waals surface area contributed by atoms with E-state index in [1.54, 1.807) is 24.3 Å². The van der Waals surface area contributed by atoms with Gasteiger partial charge in [-0.2, -0.15) is 13.2 Å². The van der Waals surface area contributed by atoms with E-state index >= 15 is 0 Å². The second-order valence-electron chi connectivity index (χ2n) is 6.16. The van der Waals surface area contributed by atoms with Crippen LogP contribution in [0.3, 0.4) is 0 Å². The highest BCUT2D eigenvalue weighted by Crippen LogP contribution is 2.30. The van der Waals surface area contributed by atoms with E-state index in [0.717, 1.165) is 12.1 Å². The summed E-state index contributed by atoms with van der Waals surface area (Å²) < 4.78 is 43.5. The normalized spacial score (nSPS) is 17.1. The Morgan fingerprint density at radius 1 is 1.19 bits per heavy atom. The number of alkyl halides is 3. The van der Waals surface area contributed by atoms with Crippen LogP contribution in [0.2, 0.25) is 0 Å². The number of carbonyl (C=O) groups is 2. The van der Waals surface area contributed by atoms with Gasteiger partial charge >= 0.3 is 6.18 Å². The molecule has 3 rings (SSSR count). The van der Waals surface area contributed by atoms with Gasteiger partial charge in [-0.25, -0.2) is 0 Å². The molecule has 0 radical (unpaired) electrons. The number of benzene rings is 2. The number of amides is 2. The van der Waals surface area contributed by atoms with Gasteiger partial charge in [0.1, 0.15) is 5.75 Å². The van der Waals surface area contributed by atoms with Crippen LogP contribution in [0.4, 0.5) is 18.9 Å². The third kappa shape index (κ3) is 4.21. The molecule has 1 heterocycles. The van der Waals surface area contributed by atoms with Gasteiger partial charge < -0.3 is 15.0 Å². The second-order valence-corrected chi connectivity index (χ2v) is 6.16. The van der Waals surface area contributed by atoms with E-state index in [1.807, 2.05) is 0 Å². The molecule has 0 unspecified atom stereocenters. The Labute approximate surface area is 153 Å². The lowest BCUT2D eigenvalue weighted by atomic mass is 10.1. The van der Waals surface area contributed by atoms with Crippen molar-refractivity contribution in [2.24, 2.45) is 0 Å². The van der Waals surface area contributed by atoms with Gasteiger partial charge in [0.25, 0.3) is 5.91 Å². The SMILES string of the molecule is COc1cccc(N2C[C@H](NC(=O)c3cccc(C(F)(F)F)c3)CC2=O)c1.